The molecule has 0 unspecified atom stereocenters. The zero-order valence-corrected chi connectivity index (χ0v) is 18.8. The van der Waals surface area contributed by atoms with E-state index in [-0.39, 0.29) is 43.0 Å². The number of anilines is 2. The summed E-state index contributed by atoms with van der Waals surface area (Å²) in [6.07, 6.45) is -0.0349. The number of urea groups is 1. The predicted octanol–water partition coefficient (Wildman–Crippen LogP) is 2.70. The van der Waals surface area contributed by atoms with E-state index >= 15 is 0 Å². The van der Waals surface area contributed by atoms with Crippen LogP contribution in [0, 0.1) is 5.92 Å². The fourth-order valence-electron chi connectivity index (χ4n) is 3.77. The van der Waals surface area contributed by atoms with Crippen molar-refractivity contribution in [1.82, 2.24) is 10.2 Å². The molecule has 3 atom stereocenters. The Morgan fingerprint density at radius 2 is 1.91 bits per heavy atom. The van der Waals surface area contributed by atoms with Gasteiger partial charge in [0.25, 0.3) is 0 Å². The highest BCUT2D eigenvalue weighted by Gasteiger charge is 2.30. The second kappa shape index (κ2) is 11.0. The summed E-state index contributed by atoms with van der Waals surface area (Å²) < 4.78 is 6.30. The Labute approximate surface area is 189 Å². The number of fused-ring (bicyclic) bond motifs is 1. The van der Waals surface area contributed by atoms with Crippen LogP contribution in [0.25, 0.3) is 0 Å². The van der Waals surface area contributed by atoms with Gasteiger partial charge in [0.1, 0.15) is 11.9 Å². The van der Waals surface area contributed by atoms with Crippen molar-refractivity contribution >= 4 is 23.3 Å². The number of carbonyl (C=O) groups is 2. The van der Waals surface area contributed by atoms with Gasteiger partial charge in [-0.3, -0.25) is 4.79 Å². The Hall–Kier alpha value is -3.10. The number of para-hydroxylation sites is 1. The first kappa shape index (κ1) is 23.6. The van der Waals surface area contributed by atoms with Gasteiger partial charge in [-0.05, 0) is 44.3 Å². The number of hydrogen-bond acceptors (Lipinski definition) is 5. The molecule has 1 heterocycles. The van der Waals surface area contributed by atoms with E-state index in [1.54, 1.807) is 35.2 Å². The summed E-state index contributed by atoms with van der Waals surface area (Å²) in [5.41, 5.74) is 1.94. The number of nitrogens with one attached hydrogen (secondary N) is 3. The zero-order chi connectivity index (χ0) is 23.1. The first-order valence-corrected chi connectivity index (χ1v) is 10.9. The molecule has 32 heavy (non-hydrogen) atoms. The summed E-state index contributed by atoms with van der Waals surface area (Å²) in [4.78, 5) is 27.2. The van der Waals surface area contributed by atoms with Gasteiger partial charge in [0, 0.05) is 35.9 Å². The molecule has 0 fully saturated rings. The highest BCUT2D eigenvalue weighted by atomic mass is 16.5. The standard InChI is InChI=1S/C24H32N4O4/c1-16-14-28(17(2)15-29)23(30)12-18-11-20(9-10-21(18)32-22(16)13-25-3)27-24(31)26-19-7-5-4-6-8-19/h4-11,16-17,22,25,29H,12-15H2,1-3H3,(H2,26,27,31)/t16-,17-,22+/m1/s1. The van der Waals surface area contributed by atoms with Crippen molar-refractivity contribution in [1.29, 1.82) is 0 Å². The summed E-state index contributed by atoms with van der Waals surface area (Å²) in [5.74, 6) is 0.595. The van der Waals surface area contributed by atoms with E-state index in [0.29, 0.717) is 35.8 Å². The van der Waals surface area contributed by atoms with E-state index in [1.807, 2.05) is 39.1 Å². The summed E-state index contributed by atoms with van der Waals surface area (Å²) in [6.45, 7) is 4.88. The maximum atomic E-state index is 13.1. The van der Waals surface area contributed by atoms with Crippen LogP contribution in [0.1, 0.15) is 19.4 Å². The molecule has 0 aliphatic carbocycles. The molecular formula is C24H32N4O4. The molecule has 0 saturated heterocycles. The number of rotatable bonds is 6. The van der Waals surface area contributed by atoms with Crippen LogP contribution in [0.3, 0.4) is 0 Å². The lowest BCUT2D eigenvalue weighted by molar-refractivity contribution is -0.134. The number of aliphatic hydroxyl groups excluding tert-OH is 1. The van der Waals surface area contributed by atoms with Gasteiger partial charge in [-0.15, -0.1) is 0 Å². The number of ether oxygens (including phenoxy) is 1. The van der Waals surface area contributed by atoms with Crippen LogP contribution >= 0.6 is 0 Å². The lowest BCUT2D eigenvalue weighted by Gasteiger charge is -2.32. The van der Waals surface area contributed by atoms with Crippen LogP contribution in [-0.2, 0) is 11.2 Å². The minimum Gasteiger partial charge on any atom is -0.488 e. The molecule has 8 heteroatoms. The van der Waals surface area contributed by atoms with Crippen LogP contribution in [0.4, 0.5) is 16.2 Å². The summed E-state index contributed by atoms with van der Waals surface area (Å²) >= 11 is 0. The van der Waals surface area contributed by atoms with Gasteiger partial charge in [0.05, 0.1) is 19.1 Å². The van der Waals surface area contributed by atoms with Crippen LogP contribution in [0.2, 0.25) is 0 Å². The molecule has 3 rings (SSSR count). The van der Waals surface area contributed by atoms with Gasteiger partial charge < -0.3 is 30.7 Å². The average molecular weight is 441 g/mol. The smallest absolute Gasteiger partial charge is 0.323 e. The Kier molecular flexibility index (Phi) is 8.08. The minimum absolute atomic E-state index is 0.0563. The van der Waals surface area contributed by atoms with Gasteiger partial charge in [-0.1, -0.05) is 25.1 Å². The molecule has 0 spiro atoms. The molecule has 8 nitrogen and oxygen atoms in total. The predicted molar refractivity (Wildman–Crippen MR) is 125 cm³/mol. The molecule has 0 saturated carbocycles. The molecule has 4 N–H and O–H groups in total. The lowest BCUT2D eigenvalue weighted by atomic mass is 10.0. The number of amides is 3. The molecule has 1 aliphatic heterocycles. The number of aliphatic hydroxyl groups is 1. The van der Waals surface area contributed by atoms with Crippen LogP contribution in [0.15, 0.2) is 48.5 Å². The first-order chi connectivity index (χ1) is 15.4. The number of benzene rings is 2. The Bertz CT molecular complexity index is 921. The molecular weight excluding hydrogens is 408 g/mol. The molecule has 2 aromatic carbocycles. The second-order valence-corrected chi connectivity index (χ2v) is 8.21. The van der Waals surface area contributed by atoms with Gasteiger partial charge >= 0.3 is 6.03 Å². The van der Waals surface area contributed by atoms with Crippen LogP contribution in [0.5, 0.6) is 5.75 Å². The summed E-state index contributed by atoms with van der Waals surface area (Å²) in [6, 6.07) is 13.8. The van der Waals surface area contributed by atoms with Crippen molar-refractivity contribution in [3.05, 3.63) is 54.1 Å². The highest BCUT2D eigenvalue weighted by Crippen LogP contribution is 2.29. The third-order valence-corrected chi connectivity index (χ3v) is 5.61. The van der Waals surface area contributed by atoms with Crippen molar-refractivity contribution in [2.45, 2.75) is 32.4 Å². The van der Waals surface area contributed by atoms with Crippen molar-refractivity contribution in [3.63, 3.8) is 0 Å². The third-order valence-electron chi connectivity index (χ3n) is 5.61. The Morgan fingerprint density at radius 3 is 2.59 bits per heavy atom. The Morgan fingerprint density at radius 1 is 1.19 bits per heavy atom. The van der Waals surface area contributed by atoms with Gasteiger partial charge in [-0.2, -0.15) is 0 Å². The van der Waals surface area contributed by atoms with Crippen molar-refractivity contribution in [2.24, 2.45) is 5.92 Å². The minimum atomic E-state index is -0.372. The van der Waals surface area contributed by atoms with E-state index < -0.39 is 0 Å². The number of likely N-dealkylation sites (N-methyl/N-ethyl adjacent to an activating group) is 1. The van der Waals surface area contributed by atoms with E-state index in [2.05, 4.69) is 16.0 Å². The zero-order valence-electron chi connectivity index (χ0n) is 18.8. The Balaban J connectivity index is 1.85. The highest BCUT2D eigenvalue weighted by molar-refractivity contribution is 5.99. The molecule has 172 valence electrons. The SMILES string of the molecule is CNC[C@@H]1Oc2ccc(NC(=O)Nc3ccccc3)cc2CC(=O)N([C@H](C)CO)C[C@H]1C. The quantitative estimate of drug-likeness (QED) is 0.553. The fraction of sp³-hybridized carbons (Fsp3) is 0.417. The van der Waals surface area contributed by atoms with Crippen molar-refractivity contribution < 1.29 is 19.4 Å². The van der Waals surface area contributed by atoms with Gasteiger partial charge in [-0.25, -0.2) is 4.79 Å². The monoisotopic (exact) mass is 440 g/mol. The number of hydrogen-bond donors (Lipinski definition) is 4. The van der Waals surface area contributed by atoms with Crippen molar-refractivity contribution in [2.75, 3.05) is 37.4 Å². The van der Waals surface area contributed by atoms with Gasteiger partial charge in [0.15, 0.2) is 0 Å². The summed E-state index contributed by atoms with van der Waals surface area (Å²) in [5, 5.41) is 18.4. The molecule has 0 aromatic heterocycles. The maximum Gasteiger partial charge on any atom is 0.323 e. The van der Waals surface area contributed by atoms with Crippen molar-refractivity contribution in [3.8, 4) is 5.75 Å². The van der Waals surface area contributed by atoms with Gasteiger partial charge in [0.2, 0.25) is 5.91 Å². The van der Waals surface area contributed by atoms with E-state index in [1.165, 1.54) is 0 Å². The topological polar surface area (TPSA) is 103 Å². The normalized spacial score (nSPS) is 19.6. The van der Waals surface area contributed by atoms with E-state index in [0.717, 1.165) is 0 Å². The molecule has 3 amide bonds. The first-order valence-electron chi connectivity index (χ1n) is 10.9. The largest absolute Gasteiger partial charge is 0.488 e. The number of carbonyl (C=O) groups excluding carboxylic acids is 2. The fourth-order valence-corrected chi connectivity index (χ4v) is 3.77. The van der Waals surface area contributed by atoms with E-state index in [9.17, 15) is 14.7 Å². The van der Waals surface area contributed by atoms with Crippen LogP contribution < -0.4 is 20.7 Å². The second-order valence-electron chi connectivity index (χ2n) is 8.21. The maximum absolute atomic E-state index is 13.1. The van der Waals surface area contributed by atoms with E-state index in [4.69, 9.17) is 4.74 Å². The van der Waals surface area contributed by atoms with Crippen LogP contribution in [-0.4, -0.2) is 60.8 Å². The molecule has 1 aliphatic rings. The lowest BCUT2D eigenvalue weighted by Crippen LogP contribution is -2.47. The average Bonchev–Trinajstić information content (AvgIpc) is 2.82. The molecule has 2 aromatic rings. The third kappa shape index (κ3) is 5.99. The number of nitrogens with zero attached hydrogens (tertiary/aromatic N) is 1. The molecule has 0 bridgehead atoms. The summed E-state index contributed by atoms with van der Waals surface area (Å²) in [7, 11) is 1.86. The molecule has 0 radical (unpaired) electrons.